The molecule has 3 heterocycles. The Morgan fingerprint density at radius 3 is 2.33 bits per heavy atom. The molecule has 3 aliphatic rings. The van der Waals surface area contributed by atoms with Crippen molar-refractivity contribution in [1.82, 2.24) is 14.7 Å². The van der Waals surface area contributed by atoms with Crippen molar-refractivity contribution in [2.24, 2.45) is 0 Å². The summed E-state index contributed by atoms with van der Waals surface area (Å²) in [6.45, 7) is 9.96. The molecule has 2 fully saturated rings. The van der Waals surface area contributed by atoms with E-state index in [-0.39, 0.29) is 5.91 Å². The summed E-state index contributed by atoms with van der Waals surface area (Å²) in [4.78, 5) is 21.3. The maximum atomic E-state index is 11.5. The summed E-state index contributed by atoms with van der Waals surface area (Å²) < 4.78 is 0. The van der Waals surface area contributed by atoms with Crippen LogP contribution in [0.2, 0.25) is 0 Å². The van der Waals surface area contributed by atoms with Crippen molar-refractivity contribution in [3.63, 3.8) is 0 Å². The highest BCUT2D eigenvalue weighted by Crippen LogP contribution is 2.48. The van der Waals surface area contributed by atoms with Gasteiger partial charge in [-0.2, -0.15) is 0 Å². The van der Waals surface area contributed by atoms with E-state index < -0.39 is 0 Å². The van der Waals surface area contributed by atoms with Crippen LogP contribution in [0.15, 0.2) is 54.6 Å². The monoisotopic (exact) mass is 404 g/mol. The predicted octanol–water partition coefficient (Wildman–Crippen LogP) is 3.16. The van der Waals surface area contributed by atoms with Crippen LogP contribution in [0, 0.1) is 0 Å². The van der Waals surface area contributed by atoms with E-state index in [9.17, 15) is 4.79 Å². The number of hydrogen-bond acceptors (Lipinski definition) is 4. The average Bonchev–Trinajstić information content (AvgIpc) is 3.12. The van der Waals surface area contributed by atoms with Crippen molar-refractivity contribution in [3.8, 4) is 0 Å². The molecule has 30 heavy (non-hydrogen) atoms. The first-order valence-electron chi connectivity index (χ1n) is 11.3. The van der Waals surface area contributed by atoms with E-state index in [4.69, 9.17) is 0 Å². The van der Waals surface area contributed by atoms with Crippen LogP contribution >= 0.6 is 0 Å². The molecule has 0 bridgehead atoms. The highest BCUT2D eigenvalue weighted by molar-refractivity contribution is 5.73. The summed E-state index contributed by atoms with van der Waals surface area (Å²) in [5, 5.41) is 0. The second-order valence-electron chi connectivity index (χ2n) is 8.88. The Kier molecular flexibility index (Phi) is 5.48. The Bertz CT molecular complexity index is 878. The van der Waals surface area contributed by atoms with Crippen molar-refractivity contribution in [2.75, 3.05) is 57.3 Å². The number of fused-ring (bicyclic) bond motifs is 3. The largest absolute Gasteiger partial charge is 0.340 e. The number of para-hydroxylation sites is 2. The van der Waals surface area contributed by atoms with Crippen LogP contribution in [0.3, 0.4) is 0 Å². The van der Waals surface area contributed by atoms with Crippen molar-refractivity contribution in [1.29, 1.82) is 0 Å². The van der Waals surface area contributed by atoms with Crippen LogP contribution in [-0.2, 0) is 4.79 Å². The Morgan fingerprint density at radius 1 is 0.867 bits per heavy atom. The lowest BCUT2D eigenvalue weighted by Gasteiger charge is -2.40. The first kappa shape index (κ1) is 19.6. The SMILES string of the molecule is CC(=O)N1CCN(CCN2CC[C@@H]3[C@@H](C2)c2ccccc2N3c2ccccc2)CC1. The second kappa shape index (κ2) is 8.40. The summed E-state index contributed by atoms with van der Waals surface area (Å²) in [6.07, 6.45) is 1.20. The molecule has 2 saturated heterocycles. The molecular weight excluding hydrogens is 372 g/mol. The minimum Gasteiger partial charge on any atom is -0.340 e. The number of hydrogen-bond donors (Lipinski definition) is 0. The lowest BCUT2D eigenvalue weighted by Crippen LogP contribution is -2.51. The van der Waals surface area contributed by atoms with E-state index in [1.54, 1.807) is 6.92 Å². The van der Waals surface area contributed by atoms with Crippen LogP contribution in [0.1, 0.15) is 24.8 Å². The topological polar surface area (TPSA) is 30.0 Å². The summed E-state index contributed by atoms with van der Waals surface area (Å²) in [6, 6.07) is 20.4. The van der Waals surface area contributed by atoms with Gasteiger partial charge >= 0.3 is 0 Å². The molecule has 0 aromatic heterocycles. The van der Waals surface area contributed by atoms with Gasteiger partial charge in [0.1, 0.15) is 0 Å². The third-order valence-electron chi connectivity index (χ3n) is 7.17. The molecule has 2 atom stereocenters. The number of carbonyl (C=O) groups excluding carboxylic acids is 1. The van der Waals surface area contributed by atoms with Crippen molar-refractivity contribution >= 4 is 17.3 Å². The Balaban J connectivity index is 1.24. The quantitative estimate of drug-likeness (QED) is 0.783. The van der Waals surface area contributed by atoms with Gasteiger partial charge in [-0.3, -0.25) is 9.69 Å². The van der Waals surface area contributed by atoms with Crippen LogP contribution in [0.5, 0.6) is 0 Å². The van der Waals surface area contributed by atoms with Crippen LogP contribution in [0.4, 0.5) is 11.4 Å². The van der Waals surface area contributed by atoms with Crippen LogP contribution in [-0.4, -0.2) is 79.0 Å². The number of piperazine rings is 1. The highest BCUT2D eigenvalue weighted by atomic mass is 16.2. The van der Waals surface area contributed by atoms with Gasteiger partial charge < -0.3 is 14.7 Å². The average molecular weight is 405 g/mol. The van der Waals surface area contributed by atoms with Crippen molar-refractivity contribution in [2.45, 2.75) is 25.3 Å². The Hall–Kier alpha value is -2.37. The minimum atomic E-state index is 0.208. The number of nitrogens with zero attached hydrogens (tertiary/aromatic N) is 4. The number of carbonyl (C=O) groups is 1. The third kappa shape index (κ3) is 3.72. The Morgan fingerprint density at radius 2 is 1.57 bits per heavy atom. The normalized spacial score (nSPS) is 24.6. The van der Waals surface area contributed by atoms with Crippen LogP contribution in [0.25, 0.3) is 0 Å². The molecule has 0 N–H and O–H groups in total. The van der Waals surface area contributed by atoms with Gasteiger partial charge in [0, 0.05) is 82.6 Å². The molecule has 158 valence electrons. The molecule has 2 aromatic carbocycles. The smallest absolute Gasteiger partial charge is 0.219 e. The second-order valence-corrected chi connectivity index (χ2v) is 8.88. The van der Waals surface area contributed by atoms with Gasteiger partial charge in [-0.1, -0.05) is 36.4 Å². The molecule has 0 saturated carbocycles. The van der Waals surface area contributed by atoms with Gasteiger partial charge in [-0.15, -0.1) is 0 Å². The van der Waals surface area contributed by atoms with E-state index in [1.807, 2.05) is 4.90 Å². The standard InChI is InChI=1S/C25H32N4O/c1-20(30)28-17-15-26(16-18-28)13-14-27-12-11-25-23(19-27)22-9-5-6-10-24(22)29(25)21-7-3-2-4-8-21/h2-10,23,25H,11-19H2,1H3/t23-,25+/m0/s1. The van der Waals surface area contributed by atoms with E-state index in [0.29, 0.717) is 12.0 Å². The van der Waals surface area contributed by atoms with Gasteiger partial charge in [0.25, 0.3) is 0 Å². The summed E-state index contributed by atoms with van der Waals surface area (Å²) in [5.41, 5.74) is 4.21. The third-order valence-corrected chi connectivity index (χ3v) is 7.17. The molecule has 0 aliphatic carbocycles. The molecule has 0 radical (unpaired) electrons. The minimum absolute atomic E-state index is 0.208. The van der Waals surface area contributed by atoms with Gasteiger partial charge in [0.2, 0.25) is 5.91 Å². The zero-order chi connectivity index (χ0) is 20.5. The molecular formula is C25H32N4O. The van der Waals surface area contributed by atoms with E-state index in [0.717, 1.165) is 52.4 Å². The fourth-order valence-electron chi connectivity index (χ4n) is 5.51. The van der Waals surface area contributed by atoms with Gasteiger partial charge in [0.05, 0.1) is 0 Å². The molecule has 5 nitrogen and oxygen atoms in total. The fourth-order valence-corrected chi connectivity index (χ4v) is 5.51. The van der Waals surface area contributed by atoms with E-state index in [2.05, 4.69) is 69.3 Å². The first-order chi connectivity index (χ1) is 14.7. The lowest BCUT2D eigenvalue weighted by atomic mass is 9.89. The molecule has 0 unspecified atom stereocenters. The Labute approximate surface area is 179 Å². The molecule has 5 rings (SSSR count). The molecule has 2 aromatic rings. The molecule has 0 spiro atoms. The van der Waals surface area contributed by atoms with Crippen LogP contribution < -0.4 is 4.90 Å². The summed E-state index contributed by atoms with van der Waals surface area (Å²) >= 11 is 0. The lowest BCUT2D eigenvalue weighted by molar-refractivity contribution is -0.130. The zero-order valence-corrected chi connectivity index (χ0v) is 17.9. The number of rotatable bonds is 4. The molecule has 1 amide bonds. The maximum Gasteiger partial charge on any atom is 0.219 e. The maximum absolute atomic E-state index is 11.5. The molecule has 3 aliphatic heterocycles. The number of piperidine rings is 1. The zero-order valence-electron chi connectivity index (χ0n) is 17.9. The van der Waals surface area contributed by atoms with Gasteiger partial charge in [-0.05, 0) is 30.2 Å². The van der Waals surface area contributed by atoms with Crippen molar-refractivity contribution < 1.29 is 4.79 Å². The summed E-state index contributed by atoms with van der Waals surface area (Å²) in [7, 11) is 0. The number of amides is 1. The number of likely N-dealkylation sites (tertiary alicyclic amines) is 1. The van der Waals surface area contributed by atoms with E-state index >= 15 is 0 Å². The number of anilines is 2. The van der Waals surface area contributed by atoms with Gasteiger partial charge in [0.15, 0.2) is 0 Å². The fraction of sp³-hybridized carbons (Fsp3) is 0.480. The first-order valence-corrected chi connectivity index (χ1v) is 11.3. The predicted molar refractivity (Wildman–Crippen MR) is 121 cm³/mol. The highest BCUT2D eigenvalue weighted by Gasteiger charge is 2.42. The molecule has 5 heteroatoms. The van der Waals surface area contributed by atoms with Gasteiger partial charge in [-0.25, -0.2) is 0 Å². The number of benzene rings is 2. The summed E-state index contributed by atoms with van der Waals surface area (Å²) in [5.74, 6) is 0.782. The van der Waals surface area contributed by atoms with E-state index in [1.165, 1.54) is 23.4 Å². The van der Waals surface area contributed by atoms with Crippen molar-refractivity contribution in [3.05, 3.63) is 60.2 Å².